The maximum Gasteiger partial charge on any atom is 0.144 e. The van der Waals surface area contributed by atoms with Gasteiger partial charge in [0.1, 0.15) is 34.5 Å². The van der Waals surface area contributed by atoms with Crippen molar-refractivity contribution >= 4 is 23.0 Å². The van der Waals surface area contributed by atoms with Crippen molar-refractivity contribution in [1.29, 1.82) is 0 Å². The first-order valence-corrected chi connectivity index (χ1v) is 7.99. The summed E-state index contributed by atoms with van der Waals surface area (Å²) in [5, 5.41) is 0. The Kier molecular flexibility index (Phi) is 4.02. The summed E-state index contributed by atoms with van der Waals surface area (Å²) in [6.07, 6.45) is 1.39. The molecule has 2 heterocycles. The smallest absolute Gasteiger partial charge is 0.144 e. The second kappa shape index (κ2) is 6.62. The van der Waals surface area contributed by atoms with Crippen molar-refractivity contribution in [1.82, 2.24) is 10.9 Å². The SMILES string of the molecule is c1ccc2c(c1)N=C(NNC1=Nc3ccccc3OCC1)CCO2. The highest BCUT2D eigenvalue weighted by Gasteiger charge is 2.13. The van der Waals surface area contributed by atoms with Crippen LogP contribution in [0.15, 0.2) is 58.5 Å². The number of nitrogens with one attached hydrogen (secondary N) is 2. The van der Waals surface area contributed by atoms with E-state index in [0.29, 0.717) is 26.1 Å². The van der Waals surface area contributed by atoms with Crippen molar-refractivity contribution in [2.75, 3.05) is 13.2 Å². The predicted molar refractivity (Wildman–Crippen MR) is 93.6 cm³/mol. The van der Waals surface area contributed by atoms with Crippen molar-refractivity contribution in [3.05, 3.63) is 48.5 Å². The standard InChI is InChI=1S/C18H18N4O2/c1-3-7-15-13(5-1)19-17(9-11-23-15)21-22-18-10-12-24-16-8-4-2-6-14(16)20-18/h1-8H,9-12H2,(H,19,21)(H,20,22). The predicted octanol–water partition coefficient (Wildman–Crippen LogP) is 3.11. The lowest BCUT2D eigenvalue weighted by Crippen LogP contribution is -2.42. The minimum Gasteiger partial charge on any atom is -0.491 e. The van der Waals surface area contributed by atoms with Crippen LogP contribution in [0.2, 0.25) is 0 Å². The van der Waals surface area contributed by atoms with Crippen LogP contribution in [-0.4, -0.2) is 24.9 Å². The Labute approximate surface area is 140 Å². The molecule has 0 fully saturated rings. The van der Waals surface area contributed by atoms with Crippen LogP contribution in [0.3, 0.4) is 0 Å². The quantitative estimate of drug-likeness (QED) is 0.731. The minimum atomic E-state index is 0.586. The largest absolute Gasteiger partial charge is 0.491 e. The Balaban J connectivity index is 1.49. The summed E-state index contributed by atoms with van der Waals surface area (Å²) < 4.78 is 11.4. The highest BCUT2D eigenvalue weighted by molar-refractivity contribution is 5.91. The number of amidine groups is 2. The molecule has 2 aliphatic heterocycles. The van der Waals surface area contributed by atoms with Gasteiger partial charge in [0.05, 0.1) is 13.2 Å². The van der Waals surface area contributed by atoms with Gasteiger partial charge in [0.2, 0.25) is 0 Å². The van der Waals surface area contributed by atoms with Gasteiger partial charge in [0, 0.05) is 12.8 Å². The van der Waals surface area contributed by atoms with Gasteiger partial charge in [-0.15, -0.1) is 0 Å². The zero-order chi connectivity index (χ0) is 16.2. The Morgan fingerprint density at radius 2 is 1.12 bits per heavy atom. The van der Waals surface area contributed by atoms with Crippen molar-refractivity contribution < 1.29 is 9.47 Å². The molecule has 6 nitrogen and oxygen atoms in total. The summed E-state index contributed by atoms with van der Waals surface area (Å²) in [5.74, 6) is 3.26. The zero-order valence-electron chi connectivity index (χ0n) is 13.2. The number of ether oxygens (including phenoxy) is 2. The molecule has 0 unspecified atom stereocenters. The number of nitrogens with zero attached hydrogens (tertiary/aromatic N) is 2. The van der Waals surface area contributed by atoms with Crippen LogP contribution >= 0.6 is 0 Å². The summed E-state index contributed by atoms with van der Waals surface area (Å²) in [6, 6.07) is 15.5. The number of hydrazine groups is 1. The molecular weight excluding hydrogens is 304 g/mol. The molecule has 2 aromatic rings. The maximum atomic E-state index is 5.70. The average Bonchev–Trinajstić information content (AvgIpc) is 2.95. The highest BCUT2D eigenvalue weighted by Crippen LogP contribution is 2.30. The van der Waals surface area contributed by atoms with E-state index in [2.05, 4.69) is 20.8 Å². The Hall–Kier alpha value is -3.02. The topological polar surface area (TPSA) is 67.2 Å². The lowest BCUT2D eigenvalue weighted by molar-refractivity contribution is 0.330. The maximum absolute atomic E-state index is 5.70. The van der Waals surface area contributed by atoms with E-state index < -0.39 is 0 Å². The molecule has 0 aliphatic carbocycles. The Morgan fingerprint density at radius 3 is 1.62 bits per heavy atom. The van der Waals surface area contributed by atoms with Gasteiger partial charge in [-0.05, 0) is 24.3 Å². The molecule has 2 aromatic carbocycles. The molecular formula is C18H18N4O2. The van der Waals surface area contributed by atoms with Gasteiger partial charge < -0.3 is 9.47 Å². The van der Waals surface area contributed by atoms with E-state index in [4.69, 9.17) is 9.47 Å². The monoisotopic (exact) mass is 322 g/mol. The van der Waals surface area contributed by atoms with Crippen LogP contribution in [0, 0.1) is 0 Å². The van der Waals surface area contributed by atoms with Crippen LogP contribution in [0.25, 0.3) is 0 Å². The summed E-state index contributed by atoms with van der Waals surface area (Å²) >= 11 is 0. The van der Waals surface area contributed by atoms with Crippen LogP contribution in [-0.2, 0) is 0 Å². The second-order valence-corrected chi connectivity index (χ2v) is 5.50. The lowest BCUT2D eigenvalue weighted by atomic mass is 10.3. The fraction of sp³-hybridized carbons (Fsp3) is 0.222. The molecule has 2 aliphatic rings. The molecule has 0 amide bonds. The molecule has 0 radical (unpaired) electrons. The first kappa shape index (κ1) is 14.6. The number of para-hydroxylation sites is 4. The number of fused-ring (bicyclic) bond motifs is 2. The van der Waals surface area contributed by atoms with E-state index in [-0.39, 0.29) is 0 Å². The normalized spacial score (nSPS) is 16.0. The first-order valence-electron chi connectivity index (χ1n) is 7.99. The summed E-state index contributed by atoms with van der Waals surface area (Å²) in [4.78, 5) is 9.25. The van der Waals surface area contributed by atoms with Gasteiger partial charge in [-0.3, -0.25) is 10.9 Å². The molecule has 24 heavy (non-hydrogen) atoms. The number of aliphatic imine (C=N–C) groups is 2. The minimum absolute atomic E-state index is 0.586. The van der Waals surface area contributed by atoms with Crippen LogP contribution in [0.1, 0.15) is 12.8 Å². The molecule has 0 atom stereocenters. The van der Waals surface area contributed by atoms with E-state index in [1.165, 1.54) is 0 Å². The fourth-order valence-corrected chi connectivity index (χ4v) is 2.59. The Bertz CT molecular complexity index is 734. The molecule has 0 saturated carbocycles. The third-order valence-electron chi connectivity index (χ3n) is 3.79. The molecule has 6 heteroatoms. The molecule has 0 aromatic heterocycles. The van der Waals surface area contributed by atoms with Crippen LogP contribution in [0.4, 0.5) is 11.4 Å². The molecule has 122 valence electrons. The third-order valence-corrected chi connectivity index (χ3v) is 3.79. The van der Waals surface area contributed by atoms with Crippen molar-refractivity contribution in [3.63, 3.8) is 0 Å². The summed E-state index contributed by atoms with van der Waals surface area (Å²) in [7, 11) is 0. The molecule has 0 bridgehead atoms. The van der Waals surface area contributed by atoms with E-state index in [1.807, 2.05) is 48.5 Å². The number of rotatable bonds is 0. The van der Waals surface area contributed by atoms with Crippen molar-refractivity contribution in [2.45, 2.75) is 12.8 Å². The highest BCUT2D eigenvalue weighted by atomic mass is 16.5. The number of benzene rings is 2. The van der Waals surface area contributed by atoms with E-state index >= 15 is 0 Å². The zero-order valence-corrected chi connectivity index (χ0v) is 13.2. The average molecular weight is 322 g/mol. The summed E-state index contributed by atoms with van der Waals surface area (Å²) in [6.45, 7) is 1.17. The lowest BCUT2D eigenvalue weighted by Gasteiger charge is -2.11. The van der Waals surface area contributed by atoms with Gasteiger partial charge in [-0.25, -0.2) is 9.98 Å². The van der Waals surface area contributed by atoms with E-state index in [1.54, 1.807) is 0 Å². The molecule has 0 spiro atoms. The van der Waals surface area contributed by atoms with Crippen LogP contribution < -0.4 is 20.3 Å². The van der Waals surface area contributed by atoms with Gasteiger partial charge in [-0.1, -0.05) is 24.3 Å². The van der Waals surface area contributed by atoms with Crippen molar-refractivity contribution in [2.24, 2.45) is 9.98 Å². The van der Waals surface area contributed by atoms with Gasteiger partial charge in [0.15, 0.2) is 0 Å². The third kappa shape index (κ3) is 3.17. The van der Waals surface area contributed by atoms with Gasteiger partial charge in [-0.2, -0.15) is 0 Å². The summed E-state index contributed by atoms with van der Waals surface area (Å²) in [5.41, 5.74) is 7.99. The van der Waals surface area contributed by atoms with E-state index in [9.17, 15) is 0 Å². The van der Waals surface area contributed by atoms with Gasteiger partial charge in [0.25, 0.3) is 0 Å². The molecule has 4 rings (SSSR count). The fourth-order valence-electron chi connectivity index (χ4n) is 2.59. The first-order chi connectivity index (χ1) is 11.9. The van der Waals surface area contributed by atoms with E-state index in [0.717, 1.165) is 34.5 Å². The second-order valence-electron chi connectivity index (χ2n) is 5.50. The van der Waals surface area contributed by atoms with Crippen molar-refractivity contribution in [3.8, 4) is 11.5 Å². The molecule has 2 N–H and O–H groups in total. The Morgan fingerprint density at radius 1 is 0.667 bits per heavy atom. The number of hydrogen-bond acceptors (Lipinski definition) is 6. The van der Waals surface area contributed by atoms with Gasteiger partial charge >= 0.3 is 0 Å². The number of hydrogen-bond donors (Lipinski definition) is 2. The van der Waals surface area contributed by atoms with Crippen LogP contribution in [0.5, 0.6) is 11.5 Å². The molecule has 0 saturated heterocycles.